The molecule has 1 aromatic rings. The predicted octanol–water partition coefficient (Wildman–Crippen LogP) is 1.14. The third-order valence-electron chi connectivity index (χ3n) is 3.20. The number of ether oxygens (including phenoxy) is 1. The van der Waals surface area contributed by atoms with E-state index in [4.69, 9.17) is 16.3 Å². The molecule has 0 saturated carbocycles. The third-order valence-corrected chi connectivity index (χ3v) is 5.57. The number of hydrogen-bond acceptors (Lipinski definition) is 4. The van der Waals surface area contributed by atoms with E-state index >= 15 is 0 Å². The molecule has 110 valence electrons. The number of carbonyl (C=O) groups is 1. The Bertz CT molecular complexity index is 629. The van der Waals surface area contributed by atoms with Crippen LogP contribution >= 0.6 is 11.6 Å². The van der Waals surface area contributed by atoms with E-state index in [9.17, 15) is 13.2 Å². The van der Waals surface area contributed by atoms with Gasteiger partial charge in [0.25, 0.3) is 5.91 Å². The van der Waals surface area contributed by atoms with Crippen LogP contribution in [0.1, 0.15) is 15.9 Å². The summed E-state index contributed by atoms with van der Waals surface area (Å²) in [5, 5.41) is 2.07. The Kier molecular flexibility index (Phi) is 4.25. The molecule has 1 N–H and O–H groups in total. The van der Waals surface area contributed by atoms with E-state index in [0.29, 0.717) is 11.3 Å². The van der Waals surface area contributed by atoms with E-state index in [1.807, 2.05) is 13.0 Å². The molecule has 2 atom stereocenters. The highest BCUT2D eigenvalue weighted by molar-refractivity contribution is 7.91. The summed E-state index contributed by atoms with van der Waals surface area (Å²) in [6.07, 6.45) is 0. The summed E-state index contributed by atoms with van der Waals surface area (Å²) in [6, 6.07) is 4.66. The average molecular weight is 318 g/mol. The minimum absolute atomic E-state index is 0.107. The Labute approximate surface area is 123 Å². The normalized spacial score (nSPS) is 24.4. The monoisotopic (exact) mass is 317 g/mol. The highest BCUT2D eigenvalue weighted by Gasteiger charge is 2.37. The first-order valence-corrected chi connectivity index (χ1v) is 8.38. The van der Waals surface area contributed by atoms with Crippen LogP contribution in [0, 0.1) is 6.92 Å². The molecule has 1 amide bonds. The zero-order valence-electron chi connectivity index (χ0n) is 11.2. The Morgan fingerprint density at radius 1 is 1.40 bits per heavy atom. The summed E-state index contributed by atoms with van der Waals surface area (Å²) in [6.45, 7) is 1.86. The van der Waals surface area contributed by atoms with Crippen LogP contribution in [0.3, 0.4) is 0 Å². The first-order chi connectivity index (χ1) is 9.32. The number of amides is 1. The molecule has 1 aliphatic rings. The molecule has 0 spiro atoms. The van der Waals surface area contributed by atoms with Gasteiger partial charge in [0.05, 0.1) is 35.6 Å². The third kappa shape index (κ3) is 3.24. The number of carbonyl (C=O) groups excluding carboxylic acids is 1. The zero-order chi connectivity index (χ0) is 14.9. The van der Waals surface area contributed by atoms with Gasteiger partial charge in [0.2, 0.25) is 0 Å². The Balaban J connectivity index is 2.19. The highest BCUT2D eigenvalue weighted by Crippen LogP contribution is 2.22. The number of rotatable bonds is 3. The van der Waals surface area contributed by atoms with Crippen molar-refractivity contribution in [2.75, 3.05) is 18.6 Å². The number of halogens is 1. The van der Waals surface area contributed by atoms with Crippen molar-refractivity contribution in [2.24, 2.45) is 0 Å². The molecule has 1 saturated heterocycles. The van der Waals surface area contributed by atoms with Crippen LogP contribution in [0.5, 0.6) is 5.75 Å². The Hall–Kier alpha value is -1.27. The summed E-state index contributed by atoms with van der Waals surface area (Å²) in [5.41, 5.74) is 1.29. The van der Waals surface area contributed by atoms with Crippen LogP contribution < -0.4 is 10.1 Å². The van der Waals surface area contributed by atoms with Crippen LogP contribution in [0.4, 0.5) is 0 Å². The molecule has 0 aromatic heterocycles. The van der Waals surface area contributed by atoms with Crippen LogP contribution in [0.15, 0.2) is 18.2 Å². The molecule has 2 unspecified atom stereocenters. The second-order valence-electron chi connectivity index (χ2n) is 4.88. The van der Waals surface area contributed by atoms with Gasteiger partial charge in [0.1, 0.15) is 5.75 Å². The minimum atomic E-state index is -3.17. The topological polar surface area (TPSA) is 72.5 Å². The molecular weight excluding hydrogens is 302 g/mol. The maximum atomic E-state index is 12.2. The molecule has 20 heavy (non-hydrogen) atoms. The molecule has 1 heterocycles. The summed E-state index contributed by atoms with van der Waals surface area (Å²) >= 11 is 5.97. The number of benzene rings is 1. The first kappa shape index (κ1) is 15.1. The van der Waals surface area contributed by atoms with Gasteiger partial charge in [-0.25, -0.2) is 8.42 Å². The molecule has 1 fully saturated rings. The van der Waals surface area contributed by atoms with Crippen molar-refractivity contribution in [1.82, 2.24) is 5.32 Å². The molecule has 1 aromatic carbocycles. The van der Waals surface area contributed by atoms with Crippen molar-refractivity contribution >= 4 is 27.3 Å². The SMILES string of the molecule is COc1ccc(C)cc1C(=O)NC1CS(=O)(=O)CC1Cl. The number of methoxy groups -OCH3 is 1. The predicted molar refractivity (Wildman–Crippen MR) is 77.3 cm³/mol. The summed E-state index contributed by atoms with van der Waals surface area (Å²) < 4.78 is 28.1. The fraction of sp³-hybridized carbons (Fsp3) is 0.462. The Morgan fingerprint density at radius 3 is 2.65 bits per heavy atom. The van der Waals surface area contributed by atoms with Gasteiger partial charge < -0.3 is 10.1 Å². The minimum Gasteiger partial charge on any atom is -0.496 e. The molecule has 7 heteroatoms. The maximum absolute atomic E-state index is 12.2. The lowest BCUT2D eigenvalue weighted by Crippen LogP contribution is -2.40. The second-order valence-corrected chi connectivity index (χ2v) is 7.59. The van der Waals surface area contributed by atoms with Gasteiger partial charge in [0.15, 0.2) is 9.84 Å². The van der Waals surface area contributed by atoms with Crippen LogP contribution in [0.2, 0.25) is 0 Å². The lowest BCUT2D eigenvalue weighted by molar-refractivity contribution is 0.0938. The van der Waals surface area contributed by atoms with Crippen molar-refractivity contribution < 1.29 is 17.9 Å². The summed E-state index contributed by atoms with van der Waals surface area (Å²) in [7, 11) is -1.70. The van der Waals surface area contributed by atoms with E-state index in [1.54, 1.807) is 12.1 Å². The highest BCUT2D eigenvalue weighted by atomic mass is 35.5. The molecule has 1 aliphatic heterocycles. The molecule has 0 aliphatic carbocycles. The number of nitrogens with one attached hydrogen (secondary N) is 1. The molecule has 2 rings (SSSR count). The molecule has 0 bridgehead atoms. The smallest absolute Gasteiger partial charge is 0.255 e. The van der Waals surface area contributed by atoms with Crippen LogP contribution in [0.25, 0.3) is 0 Å². The number of alkyl halides is 1. The fourth-order valence-corrected chi connectivity index (χ4v) is 4.73. The van der Waals surface area contributed by atoms with Crippen LogP contribution in [-0.2, 0) is 9.84 Å². The fourth-order valence-electron chi connectivity index (χ4n) is 2.18. The van der Waals surface area contributed by atoms with Gasteiger partial charge in [0, 0.05) is 0 Å². The zero-order valence-corrected chi connectivity index (χ0v) is 12.8. The number of aryl methyl sites for hydroxylation is 1. The lowest BCUT2D eigenvalue weighted by atomic mass is 10.1. The van der Waals surface area contributed by atoms with Gasteiger partial charge in [-0.05, 0) is 19.1 Å². The lowest BCUT2D eigenvalue weighted by Gasteiger charge is -2.16. The molecule has 5 nitrogen and oxygen atoms in total. The number of hydrogen-bond donors (Lipinski definition) is 1. The van der Waals surface area contributed by atoms with E-state index in [2.05, 4.69) is 5.32 Å². The number of sulfone groups is 1. The van der Waals surface area contributed by atoms with E-state index < -0.39 is 21.3 Å². The summed E-state index contributed by atoms with van der Waals surface area (Å²) in [5.74, 6) is -0.163. The Morgan fingerprint density at radius 2 is 2.10 bits per heavy atom. The van der Waals surface area contributed by atoms with E-state index in [-0.39, 0.29) is 17.4 Å². The second kappa shape index (κ2) is 5.61. The van der Waals surface area contributed by atoms with Crippen LogP contribution in [-0.4, -0.2) is 44.4 Å². The van der Waals surface area contributed by atoms with Gasteiger partial charge in [-0.1, -0.05) is 11.6 Å². The van der Waals surface area contributed by atoms with Gasteiger partial charge in [-0.3, -0.25) is 4.79 Å². The quantitative estimate of drug-likeness (QED) is 0.849. The van der Waals surface area contributed by atoms with Gasteiger partial charge in [-0.2, -0.15) is 0 Å². The van der Waals surface area contributed by atoms with Crippen molar-refractivity contribution in [3.8, 4) is 5.75 Å². The maximum Gasteiger partial charge on any atom is 0.255 e. The van der Waals surface area contributed by atoms with Crippen molar-refractivity contribution in [3.05, 3.63) is 29.3 Å². The molecular formula is C13H16ClNO4S. The standard InChI is InChI=1S/C13H16ClNO4S/c1-8-3-4-12(19-2)9(5-8)13(16)15-11-7-20(17,18)6-10(11)14/h3-5,10-11H,6-7H2,1-2H3,(H,15,16). The van der Waals surface area contributed by atoms with E-state index in [0.717, 1.165) is 5.56 Å². The van der Waals surface area contributed by atoms with Gasteiger partial charge in [-0.15, -0.1) is 11.6 Å². The largest absolute Gasteiger partial charge is 0.496 e. The average Bonchev–Trinajstić information content (AvgIpc) is 2.62. The van der Waals surface area contributed by atoms with Crippen molar-refractivity contribution in [2.45, 2.75) is 18.3 Å². The van der Waals surface area contributed by atoms with Crippen molar-refractivity contribution in [1.29, 1.82) is 0 Å². The van der Waals surface area contributed by atoms with E-state index in [1.165, 1.54) is 7.11 Å². The molecule has 0 radical (unpaired) electrons. The summed E-state index contributed by atoms with van der Waals surface area (Å²) in [4.78, 5) is 12.2. The van der Waals surface area contributed by atoms with Crippen molar-refractivity contribution in [3.63, 3.8) is 0 Å². The first-order valence-electron chi connectivity index (χ1n) is 6.12. The van der Waals surface area contributed by atoms with Gasteiger partial charge >= 0.3 is 0 Å².